The van der Waals surface area contributed by atoms with Crippen LogP contribution in [0.3, 0.4) is 0 Å². The summed E-state index contributed by atoms with van der Waals surface area (Å²) in [6.45, 7) is 1.82. The summed E-state index contributed by atoms with van der Waals surface area (Å²) in [5, 5.41) is 19.5. The molecule has 0 saturated heterocycles. The van der Waals surface area contributed by atoms with Crippen molar-refractivity contribution in [2.75, 3.05) is 11.9 Å². The van der Waals surface area contributed by atoms with E-state index in [0.717, 1.165) is 22.3 Å². The lowest BCUT2D eigenvalue weighted by Crippen LogP contribution is -2.26. The molecular weight excluding hydrogens is 254 g/mol. The number of phenolic OH excluding ortho intramolecular Hbond substituents is 2. The van der Waals surface area contributed by atoms with Gasteiger partial charge in [0, 0.05) is 18.7 Å². The van der Waals surface area contributed by atoms with E-state index in [1.165, 1.54) is 0 Å². The van der Waals surface area contributed by atoms with Gasteiger partial charge in [0.2, 0.25) is 5.91 Å². The van der Waals surface area contributed by atoms with Crippen LogP contribution < -0.4 is 4.90 Å². The first-order valence-electron chi connectivity index (χ1n) is 6.40. The number of anilines is 1. The van der Waals surface area contributed by atoms with E-state index in [9.17, 15) is 15.0 Å². The summed E-state index contributed by atoms with van der Waals surface area (Å²) in [5.41, 5.74) is 4.04. The van der Waals surface area contributed by atoms with Crippen LogP contribution in [0.25, 0.3) is 11.1 Å². The number of hydrogen-bond donors (Lipinski definition) is 2. The number of carbonyl (C=O) groups is 1. The van der Waals surface area contributed by atoms with E-state index in [2.05, 4.69) is 0 Å². The minimum atomic E-state index is -0.0705. The second kappa shape index (κ2) is 4.27. The fourth-order valence-corrected chi connectivity index (χ4v) is 2.58. The van der Waals surface area contributed by atoms with E-state index in [1.54, 1.807) is 30.1 Å². The van der Waals surface area contributed by atoms with Crippen molar-refractivity contribution in [2.45, 2.75) is 13.3 Å². The van der Waals surface area contributed by atoms with E-state index in [4.69, 9.17) is 0 Å². The number of aromatic hydroxyl groups is 2. The van der Waals surface area contributed by atoms with Gasteiger partial charge in [-0.25, -0.2) is 0 Å². The molecule has 0 aliphatic carbocycles. The maximum atomic E-state index is 12.2. The topological polar surface area (TPSA) is 60.8 Å². The molecule has 0 atom stereocenters. The van der Waals surface area contributed by atoms with Gasteiger partial charge >= 0.3 is 0 Å². The quantitative estimate of drug-likeness (QED) is 0.772. The zero-order valence-corrected chi connectivity index (χ0v) is 11.3. The largest absolute Gasteiger partial charge is 0.508 e. The normalized spacial score (nSPS) is 13.7. The minimum absolute atomic E-state index is 0.0705. The molecule has 0 bridgehead atoms. The average Bonchev–Trinajstić information content (AvgIpc) is 2.49. The molecule has 1 heterocycles. The molecule has 4 heteroatoms. The average molecular weight is 269 g/mol. The van der Waals surface area contributed by atoms with Crippen molar-refractivity contribution >= 4 is 11.6 Å². The Hall–Kier alpha value is -2.49. The van der Waals surface area contributed by atoms with E-state index < -0.39 is 0 Å². The van der Waals surface area contributed by atoms with Crippen LogP contribution in [0, 0.1) is 6.92 Å². The van der Waals surface area contributed by atoms with Crippen molar-refractivity contribution < 1.29 is 15.0 Å². The number of nitrogens with zero attached hydrogens (tertiary/aromatic N) is 1. The van der Waals surface area contributed by atoms with E-state index >= 15 is 0 Å². The van der Waals surface area contributed by atoms with Gasteiger partial charge in [0.25, 0.3) is 0 Å². The smallest absolute Gasteiger partial charge is 0.231 e. The van der Waals surface area contributed by atoms with Gasteiger partial charge in [0.05, 0.1) is 12.1 Å². The Balaban J connectivity index is 2.35. The van der Waals surface area contributed by atoms with Gasteiger partial charge < -0.3 is 15.1 Å². The third kappa shape index (κ3) is 1.81. The number of hydrogen-bond acceptors (Lipinski definition) is 3. The predicted octanol–water partition coefficient (Wildman–Crippen LogP) is 2.59. The summed E-state index contributed by atoms with van der Waals surface area (Å²) >= 11 is 0. The number of phenols is 2. The molecule has 0 fully saturated rings. The Morgan fingerprint density at radius 2 is 1.85 bits per heavy atom. The Labute approximate surface area is 116 Å². The number of aryl methyl sites for hydroxylation is 1. The number of amides is 1. The molecule has 20 heavy (non-hydrogen) atoms. The lowest BCUT2D eigenvalue weighted by molar-refractivity contribution is -0.117. The van der Waals surface area contributed by atoms with Crippen molar-refractivity contribution in [2.24, 2.45) is 0 Å². The van der Waals surface area contributed by atoms with Gasteiger partial charge in [-0.1, -0.05) is 6.07 Å². The summed E-state index contributed by atoms with van der Waals surface area (Å²) in [6.07, 6.45) is 0.231. The number of rotatable bonds is 0. The first-order chi connectivity index (χ1) is 9.47. The van der Waals surface area contributed by atoms with Crippen molar-refractivity contribution in [3.8, 4) is 22.6 Å². The Morgan fingerprint density at radius 1 is 1.10 bits per heavy atom. The molecule has 1 aliphatic rings. The molecule has 1 amide bonds. The number of carbonyl (C=O) groups excluding carboxylic acids is 1. The maximum absolute atomic E-state index is 12.2. The van der Waals surface area contributed by atoms with Crippen LogP contribution in [-0.2, 0) is 11.2 Å². The first kappa shape index (κ1) is 12.5. The van der Waals surface area contributed by atoms with Crippen molar-refractivity contribution in [1.29, 1.82) is 0 Å². The van der Waals surface area contributed by atoms with Gasteiger partial charge in [-0.05, 0) is 41.8 Å². The van der Waals surface area contributed by atoms with Crippen LogP contribution in [0.2, 0.25) is 0 Å². The van der Waals surface area contributed by atoms with Gasteiger partial charge in [-0.3, -0.25) is 4.79 Å². The standard InChI is InChI=1S/C16H15NO3/c1-9-5-13-12-4-3-11(18)6-10(12)7-16(20)17(2)14(13)8-15(9)19/h3-6,8,18-19H,7H2,1-2H3. The highest BCUT2D eigenvalue weighted by Gasteiger charge is 2.24. The lowest BCUT2D eigenvalue weighted by atomic mass is 9.96. The van der Waals surface area contributed by atoms with Gasteiger partial charge in [0.15, 0.2) is 0 Å². The summed E-state index contributed by atoms with van der Waals surface area (Å²) in [6, 6.07) is 8.53. The molecule has 102 valence electrons. The maximum Gasteiger partial charge on any atom is 0.231 e. The summed E-state index contributed by atoms with van der Waals surface area (Å²) in [5.74, 6) is 0.252. The molecule has 3 rings (SSSR count). The SMILES string of the molecule is Cc1cc2c(cc1O)N(C)C(=O)Cc1cc(O)ccc1-2. The van der Waals surface area contributed by atoms with Gasteiger partial charge in [0.1, 0.15) is 11.5 Å². The molecule has 2 aromatic carbocycles. The predicted molar refractivity (Wildman–Crippen MR) is 77.1 cm³/mol. The third-order valence-corrected chi connectivity index (χ3v) is 3.77. The van der Waals surface area contributed by atoms with Gasteiger partial charge in [-0.15, -0.1) is 0 Å². The van der Waals surface area contributed by atoms with Crippen LogP contribution in [0.1, 0.15) is 11.1 Å². The zero-order valence-electron chi connectivity index (χ0n) is 11.3. The van der Waals surface area contributed by atoms with E-state index in [0.29, 0.717) is 5.69 Å². The molecule has 0 unspecified atom stereocenters. The Bertz CT molecular complexity index is 722. The fourth-order valence-electron chi connectivity index (χ4n) is 2.58. The van der Waals surface area contributed by atoms with Crippen molar-refractivity contribution in [1.82, 2.24) is 0 Å². The van der Waals surface area contributed by atoms with Crippen LogP contribution in [0.5, 0.6) is 11.5 Å². The van der Waals surface area contributed by atoms with Crippen LogP contribution >= 0.6 is 0 Å². The fraction of sp³-hybridized carbons (Fsp3) is 0.188. The molecule has 1 aliphatic heterocycles. The zero-order chi connectivity index (χ0) is 14.4. The molecule has 0 saturated carbocycles. The summed E-state index contributed by atoms with van der Waals surface area (Å²) < 4.78 is 0. The molecule has 0 aromatic heterocycles. The van der Waals surface area contributed by atoms with Gasteiger partial charge in [-0.2, -0.15) is 0 Å². The Kier molecular flexibility index (Phi) is 2.67. The van der Waals surface area contributed by atoms with E-state index in [1.807, 2.05) is 19.1 Å². The highest BCUT2D eigenvalue weighted by atomic mass is 16.3. The second-order valence-corrected chi connectivity index (χ2v) is 5.13. The van der Waals surface area contributed by atoms with Crippen LogP contribution in [-0.4, -0.2) is 23.2 Å². The molecule has 2 aromatic rings. The minimum Gasteiger partial charge on any atom is -0.508 e. The van der Waals surface area contributed by atoms with E-state index in [-0.39, 0.29) is 23.8 Å². The van der Waals surface area contributed by atoms with Crippen LogP contribution in [0.15, 0.2) is 30.3 Å². The lowest BCUT2D eigenvalue weighted by Gasteiger charge is -2.18. The molecule has 2 N–H and O–H groups in total. The molecular formula is C16H15NO3. The molecule has 4 nitrogen and oxygen atoms in total. The second-order valence-electron chi connectivity index (χ2n) is 5.13. The molecule has 0 spiro atoms. The highest BCUT2D eigenvalue weighted by molar-refractivity contribution is 6.02. The summed E-state index contributed by atoms with van der Waals surface area (Å²) in [4.78, 5) is 13.8. The summed E-state index contributed by atoms with van der Waals surface area (Å²) in [7, 11) is 1.70. The third-order valence-electron chi connectivity index (χ3n) is 3.77. The van der Waals surface area contributed by atoms with Crippen molar-refractivity contribution in [3.05, 3.63) is 41.5 Å². The molecule has 0 radical (unpaired) electrons. The highest BCUT2D eigenvalue weighted by Crippen LogP contribution is 2.40. The number of fused-ring (bicyclic) bond motifs is 3. The van der Waals surface area contributed by atoms with Crippen molar-refractivity contribution in [3.63, 3.8) is 0 Å². The van der Waals surface area contributed by atoms with Crippen LogP contribution in [0.4, 0.5) is 5.69 Å². The monoisotopic (exact) mass is 269 g/mol. The Morgan fingerprint density at radius 3 is 2.60 bits per heavy atom. The number of benzene rings is 2. The number of likely N-dealkylation sites (N-methyl/N-ethyl adjacent to an activating group) is 1. The first-order valence-corrected chi connectivity index (χ1v) is 6.40.